The zero-order valence-electron chi connectivity index (χ0n) is 12.8. The maximum Gasteiger partial charge on any atom is 0.176 e. The Morgan fingerprint density at radius 3 is 2.43 bits per heavy atom. The molecule has 3 heteroatoms. The average molecular weight is 291 g/mol. The van der Waals surface area contributed by atoms with Crippen LogP contribution in [0.15, 0.2) is 12.1 Å². The molecule has 0 bridgehead atoms. The number of hydrogen-bond acceptors (Lipinski definition) is 1. The molecule has 1 aliphatic carbocycles. The van der Waals surface area contributed by atoms with E-state index >= 15 is 0 Å². The molecule has 0 saturated heterocycles. The summed E-state index contributed by atoms with van der Waals surface area (Å²) in [7, 11) is 0. The minimum absolute atomic E-state index is 0.00909. The summed E-state index contributed by atoms with van der Waals surface area (Å²) in [5.74, 6) is -0.602. The van der Waals surface area contributed by atoms with Crippen molar-refractivity contribution in [2.75, 3.05) is 0 Å². The van der Waals surface area contributed by atoms with Crippen LogP contribution in [0.3, 0.4) is 0 Å². The number of nitriles is 1. The minimum atomic E-state index is -0.999. The fourth-order valence-electron chi connectivity index (χ4n) is 3.64. The average Bonchev–Trinajstić information content (AvgIpc) is 2.50. The minimum Gasteiger partial charge on any atom is -0.203 e. The second-order valence-corrected chi connectivity index (χ2v) is 6.30. The third kappa shape index (κ3) is 3.43. The zero-order chi connectivity index (χ0) is 15.4. The molecule has 0 radical (unpaired) electrons. The summed E-state index contributed by atoms with van der Waals surface area (Å²) < 4.78 is 27.9. The van der Waals surface area contributed by atoms with Gasteiger partial charge in [-0.1, -0.05) is 45.6 Å². The first kappa shape index (κ1) is 15.9. The molecular formula is C18H23F2N. The lowest BCUT2D eigenvalue weighted by atomic mass is 9.73. The molecule has 1 aromatic rings. The Morgan fingerprint density at radius 1 is 1.19 bits per heavy atom. The van der Waals surface area contributed by atoms with Gasteiger partial charge in [-0.05, 0) is 42.2 Å². The first-order valence-corrected chi connectivity index (χ1v) is 7.96. The summed E-state index contributed by atoms with van der Waals surface area (Å²) in [6.07, 6.45) is 7.08. The summed E-state index contributed by atoms with van der Waals surface area (Å²) >= 11 is 0. The Morgan fingerprint density at radius 2 is 1.86 bits per heavy atom. The van der Waals surface area contributed by atoms with Crippen LogP contribution in [0.2, 0.25) is 0 Å². The van der Waals surface area contributed by atoms with E-state index in [4.69, 9.17) is 5.26 Å². The molecule has 114 valence electrons. The van der Waals surface area contributed by atoms with Gasteiger partial charge in [-0.15, -0.1) is 0 Å². The van der Waals surface area contributed by atoms with Gasteiger partial charge in [0.2, 0.25) is 0 Å². The molecule has 1 saturated carbocycles. The standard InChI is InChI=1S/C18H23F2N/c1-3-4-13-5-7-14(8-6-13)12(2)16-10-9-15(11-21)17(19)18(16)20/h9-10,12-14H,3-8H2,1-2H3. The summed E-state index contributed by atoms with van der Waals surface area (Å²) in [6.45, 7) is 4.19. The SMILES string of the molecule is CCCC1CCC(C(C)c2ccc(C#N)c(F)c2F)CC1. The van der Waals surface area contributed by atoms with Gasteiger partial charge in [0, 0.05) is 0 Å². The van der Waals surface area contributed by atoms with E-state index < -0.39 is 11.6 Å². The molecule has 1 atom stereocenters. The highest BCUT2D eigenvalue weighted by Gasteiger charge is 2.28. The summed E-state index contributed by atoms with van der Waals surface area (Å²) in [5, 5.41) is 8.74. The molecule has 1 aliphatic rings. The summed E-state index contributed by atoms with van der Waals surface area (Å²) in [6, 6.07) is 4.67. The maximum atomic E-state index is 14.1. The van der Waals surface area contributed by atoms with Crippen LogP contribution in [0.25, 0.3) is 0 Å². The predicted molar refractivity (Wildman–Crippen MR) is 79.8 cm³/mol. The molecule has 1 unspecified atom stereocenters. The maximum absolute atomic E-state index is 14.1. The van der Waals surface area contributed by atoms with Gasteiger partial charge in [-0.3, -0.25) is 0 Å². The lowest BCUT2D eigenvalue weighted by Crippen LogP contribution is -2.20. The van der Waals surface area contributed by atoms with E-state index in [0.29, 0.717) is 11.5 Å². The van der Waals surface area contributed by atoms with Crippen molar-refractivity contribution < 1.29 is 8.78 Å². The third-order valence-corrected chi connectivity index (χ3v) is 5.02. The van der Waals surface area contributed by atoms with Gasteiger partial charge in [0.05, 0.1) is 5.56 Å². The first-order valence-electron chi connectivity index (χ1n) is 7.96. The Bertz CT molecular complexity index is 525. The van der Waals surface area contributed by atoms with E-state index in [2.05, 4.69) is 6.92 Å². The molecule has 2 rings (SSSR count). The second kappa shape index (κ2) is 7.02. The zero-order valence-corrected chi connectivity index (χ0v) is 12.8. The highest BCUT2D eigenvalue weighted by atomic mass is 19.2. The van der Waals surface area contributed by atoms with Gasteiger partial charge in [0.15, 0.2) is 11.6 Å². The van der Waals surface area contributed by atoms with Crippen LogP contribution >= 0.6 is 0 Å². The molecule has 0 heterocycles. The smallest absolute Gasteiger partial charge is 0.176 e. The molecule has 0 aliphatic heterocycles. The van der Waals surface area contributed by atoms with Crippen molar-refractivity contribution in [1.82, 2.24) is 0 Å². The molecule has 1 fully saturated rings. The number of halogens is 2. The lowest BCUT2D eigenvalue weighted by Gasteiger charge is -2.32. The molecule has 0 spiro atoms. The quantitative estimate of drug-likeness (QED) is 0.713. The second-order valence-electron chi connectivity index (χ2n) is 6.30. The fourth-order valence-corrected chi connectivity index (χ4v) is 3.64. The number of hydrogen-bond donors (Lipinski definition) is 0. The van der Waals surface area contributed by atoms with Crippen molar-refractivity contribution >= 4 is 0 Å². The Labute approximate surface area is 126 Å². The third-order valence-electron chi connectivity index (χ3n) is 5.02. The topological polar surface area (TPSA) is 23.8 Å². The van der Waals surface area contributed by atoms with Gasteiger partial charge in [0.25, 0.3) is 0 Å². The van der Waals surface area contributed by atoms with Crippen molar-refractivity contribution in [3.05, 3.63) is 34.9 Å². The van der Waals surface area contributed by atoms with Crippen molar-refractivity contribution in [3.63, 3.8) is 0 Å². The van der Waals surface area contributed by atoms with Crippen LogP contribution in [0.4, 0.5) is 8.78 Å². The normalized spacial score (nSPS) is 23.6. The van der Waals surface area contributed by atoms with Gasteiger partial charge < -0.3 is 0 Å². The van der Waals surface area contributed by atoms with E-state index in [1.165, 1.54) is 31.7 Å². The Kier molecular flexibility index (Phi) is 5.33. The highest BCUT2D eigenvalue weighted by Crippen LogP contribution is 2.40. The van der Waals surface area contributed by atoms with E-state index in [-0.39, 0.29) is 11.5 Å². The van der Waals surface area contributed by atoms with Gasteiger partial charge in [-0.25, -0.2) is 8.78 Å². The first-order chi connectivity index (χ1) is 10.1. The molecule has 21 heavy (non-hydrogen) atoms. The number of rotatable bonds is 4. The van der Waals surface area contributed by atoms with Crippen LogP contribution in [0, 0.1) is 34.8 Å². The van der Waals surface area contributed by atoms with Crippen LogP contribution in [0.5, 0.6) is 0 Å². The molecule has 0 aromatic heterocycles. The molecule has 1 aromatic carbocycles. The van der Waals surface area contributed by atoms with E-state index in [1.54, 1.807) is 12.1 Å². The van der Waals surface area contributed by atoms with Gasteiger partial charge in [0.1, 0.15) is 6.07 Å². The molecule has 0 N–H and O–H groups in total. The fraction of sp³-hybridized carbons (Fsp3) is 0.611. The van der Waals surface area contributed by atoms with Crippen LogP contribution in [0.1, 0.15) is 69.4 Å². The Balaban J connectivity index is 2.10. The predicted octanol–water partition coefficient (Wildman–Crippen LogP) is 5.55. The van der Waals surface area contributed by atoms with E-state index in [1.807, 2.05) is 6.92 Å². The van der Waals surface area contributed by atoms with Crippen LogP contribution in [-0.4, -0.2) is 0 Å². The number of nitrogens with zero attached hydrogens (tertiary/aromatic N) is 1. The summed E-state index contributed by atoms with van der Waals surface area (Å²) in [4.78, 5) is 0. The van der Waals surface area contributed by atoms with Crippen molar-refractivity contribution in [3.8, 4) is 6.07 Å². The Hall–Kier alpha value is -1.43. The van der Waals surface area contributed by atoms with Crippen molar-refractivity contribution in [2.24, 2.45) is 11.8 Å². The molecule has 0 amide bonds. The largest absolute Gasteiger partial charge is 0.203 e. The molecular weight excluding hydrogens is 268 g/mol. The van der Waals surface area contributed by atoms with Crippen LogP contribution < -0.4 is 0 Å². The van der Waals surface area contributed by atoms with Crippen molar-refractivity contribution in [2.45, 2.75) is 58.3 Å². The van der Waals surface area contributed by atoms with Gasteiger partial charge in [-0.2, -0.15) is 5.26 Å². The monoisotopic (exact) mass is 291 g/mol. The van der Waals surface area contributed by atoms with Crippen molar-refractivity contribution in [1.29, 1.82) is 5.26 Å². The van der Waals surface area contributed by atoms with E-state index in [9.17, 15) is 8.78 Å². The highest BCUT2D eigenvalue weighted by molar-refractivity contribution is 5.36. The number of benzene rings is 1. The van der Waals surface area contributed by atoms with E-state index in [0.717, 1.165) is 18.8 Å². The van der Waals surface area contributed by atoms with Gasteiger partial charge >= 0.3 is 0 Å². The summed E-state index contributed by atoms with van der Waals surface area (Å²) in [5.41, 5.74) is 0.209. The lowest BCUT2D eigenvalue weighted by molar-refractivity contribution is 0.236. The van der Waals surface area contributed by atoms with Crippen LogP contribution in [-0.2, 0) is 0 Å². The molecule has 1 nitrogen and oxygen atoms in total.